The first-order valence-electron chi connectivity index (χ1n) is 7.89. The van der Waals surface area contributed by atoms with E-state index in [1.807, 2.05) is 0 Å². The third-order valence-corrected chi connectivity index (χ3v) is 4.63. The summed E-state index contributed by atoms with van der Waals surface area (Å²) >= 11 is 0. The minimum Gasteiger partial charge on any atom is -0.390 e. The quantitative estimate of drug-likeness (QED) is 0.747. The number of hydrogen-bond acceptors (Lipinski definition) is 4. The van der Waals surface area contributed by atoms with Gasteiger partial charge in [-0.15, -0.1) is 0 Å². The van der Waals surface area contributed by atoms with Gasteiger partial charge in [0.15, 0.2) is 0 Å². The number of fused-ring (bicyclic) bond motifs is 2. The number of nitrogens with one attached hydrogen (secondary N) is 1. The van der Waals surface area contributed by atoms with Gasteiger partial charge in [0.2, 0.25) is 0 Å². The Hall–Kier alpha value is -0.160. The third-order valence-electron chi connectivity index (χ3n) is 4.63. The zero-order valence-electron chi connectivity index (χ0n) is 12.8. The molecule has 0 aromatic heterocycles. The van der Waals surface area contributed by atoms with Crippen molar-refractivity contribution in [3.8, 4) is 0 Å². The highest BCUT2D eigenvalue weighted by Gasteiger charge is 2.34. The molecule has 19 heavy (non-hydrogen) atoms. The van der Waals surface area contributed by atoms with Crippen molar-refractivity contribution in [3.63, 3.8) is 0 Å². The highest BCUT2D eigenvalue weighted by atomic mass is 16.3. The molecule has 3 atom stereocenters. The summed E-state index contributed by atoms with van der Waals surface area (Å²) in [5.41, 5.74) is 0. The number of aliphatic hydroxyl groups excluding tert-OH is 1. The molecule has 0 radical (unpaired) electrons. The molecule has 2 fully saturated rings. The normalized spacial score (nSPS) is 30.8. The lowest BCUT2D eigenvalue weighted by atomic mass is 10.1. The topological polar surface area (TPSA) is 38.7 Å². The highest BCUT2D eigenvalue weighted by Crippen LogP contribution is 2.28. The van der Waals surface area contributed by atoms with Gasteiger partial charge in [-0.2, -0.15) is 0 Å². The molecule has 2 heterocycles. The molecule has 0 aliphatic carbocycles. The monoisotopic (exact) mass is 269 g/mol. The van der Waals surface area contributed by atoms with Crippen molar-refractivity contribution in [3.05, 3.63) is 0 Å². The minimum absolute atomic E-state index is 0.235. The van der Waals surface area contributed by atoms with Crippen LogP contribution in [-0.2, 0) is 0 Å². The van der Waals surface area contributed by atoms with E-state index in [-0.39, 0.29) is 6.10 Å². The summed E-state index contributed by atoms with van der Waals surface area (Å²) in [6, 6.07) is 1.49. The Balaban J connectivity index is 1.70. The maximum atomic E-state index is 10.1. The van der Waals surface area contributed by atoms with Gasteiger partial charge in [-0.3, -0.25) is 9.80 Å². The Morgan fingerprint density at radius 2 is 1.89 bits per heavy atom. The van der Waals surface area contributed by atoms with Crippen LogP contribution in [-0.4, -0.2) is 72.9 Å². The molecular formula is C15H31N3O. The Morgan fingerprint density at radius 1 is 1.16 bits per heavy atom. The van der Waals surface area contributed by atoms with Crippen LogP contribution in [0.4, 0.5) is 0 Å². The van der Waals surface area contributed by atoms with Gasteiger partial charge in [-0.05, 0) is 45.3 Å². The van der Waals surface area contributed by atoms with Crippen LogP contribution in [0.25, 0.3) is 0 Å². The largest absolute Gasteiger partial charge is 0.390 e. The van der Waals surface area contributed by atoms with E-state index in [4.69, 9.17) is 0 Å². The number of rotatable bonds is 6. The molecule has 2 N–H and O–H groups in total. The predicted molar refractivity (Wildman–Crippen MR) is 79.3 cm³/mol. The van der Waals surface area contributed by atoms with E-state index in [1.54, 1.807) is 0 Å². The molecule has 112 valence electrons. The van der Waals surface area contributed by atoms with Crippen molar-refractivity contribution in [2.75, 3.05) is 39.8 Å². The zero-order valence-corrected chi connectivity index (χ0v) is 12.8. The molecule has 0 saturated carbocycles. The van der Waals surface area contributed by atoms with Crippen LogP contribution < -0.4 is 5.32 Å². The molecule has 2 aliphatic heterocycles. The van der Waals surface area contributed by atoms with Crippen LogP contribution in [0.3, 0.4) is 0 Å². The second-order valence-electron chi connectivity index (χ2n) is 6.80. The minimum atomic E-state index is -0.235. The highest BCUT2D eigenvalue weighted by molar-refractivity contribution is 4.91. The molecular weight excluding hydrogens is 238 g/mol. The van der Waals surface area contributed by atoms with E-state index >= 15 is 0 Å². The maximum absolute atomic E-state index is 10.1. The lowest BCUT2D eigenvalue weighted by Gasteiger charge is -2.27. The molecule has 2 saturated heterocycles. The molecule has 4 nitrogen and oxygen atoms in total. The third kappa shape index (κ3) is 4.42. The Labute approximate surface area is 118 Å². The molecule has 2 bridgehead atoms. The molecule has 0 spiro atoms. The molecule has 4 heteroatoms. The van der Waals surface area contributed by atoms with Crippen LogP contribution in [0.1, 0.15) is 33.1 Å². The molecule has 2 aliphatic rings. The van der Waals surface area contributed by atoms with Gasteiger partial charge in [0.1, 0.15) is 0 Å². The van der Waals surface area contributed by atoms with Crippen LogP contribution in [0.5, 0.6) is 0 Å². The fraction of sp³-hybridized carbons (Fsp3) is 1.00. The van der Waals surface area contributed by atoms with E-state index in [9.17, 15) is 5.11 Å². The lowest BCUT2D eigenvalue weighted by molar-refractivity contribution is 0.105. The molecule has 0 aromatic rings. The number of likely N-dealkylation sites (tertiary alicyclic amines) is 1. The van der Waals surface area contributed by atoms with Gasteiger partial charge >= 0.3 is 0 Å². The van der Waals surface area contributed by atoms with Crippen molar-refractivity contribution in [2.24, 2.45) is 5.92 Å². The first kappa shape index (κ1) is 15.2. The number of β-amino-alcohol motifs (C(OH)–C–C–N with tert-alkyl or cyclic N) is 1. The van der Waals surface area contributed by atoms with Crippen LogP contribution >= 0.6 is 0 Å². The number of likely N-dealkylation sites (N-methyl/N-ethyl adjacent to an activating group) is 1. The average molecular weight is 269 g/mol. The standard InChI is InChI=1S/C15H31N3O/c1-12(2)8-16-9-15(19)11-18-7-6-13-4-5-14(10-18)17(13)3/h12-16,19H,4-11H2,1-3H3. The Bertz CT molecular complexity index is 272. The summed E-state index contributed by atoms with van der Waals surface area (Å²) < 4.78 is 0. The molecule has 2 rings (SSSR count). The average Bonchev–Trinajstić information content (AvgIpc) is 2.57. The first-order chi connectivity index (χ1) is 9.06. The summed E-state index contributed by atoms with van der Waals surface area (Å²) in [6.45, 7) is 9.20. The van der Waals surface area contributed by atoms with Crippen molar-refractivity contribution < 1.29 is 5.11 Å². The summed E-state index contributed by atoms with van der Waals surface area (Å²) in [4.78, 5) is 5.02. The van der Waals surface area contributed by atoms with Crippen molar-refractivity contribution in [2.45, 2.75) is 51.3 Å². The SMILES string of the molecule is CC(C)CNCC(O)CN1CCC2CCC(C1)N2C. The Morgan fingerprint density at radius 3 is 2.63 bits per heavy atom. The summed E-state index contributed by atoms with van der Waals surface area (Å²) in [6.07, 6.45) is 3.73. The predicted octanol–water partition coefficient (Wildman–Crippen LogP) is 0.761. The van der Waals surface area contributed by atoms with Crippen molar-refractivity contribution in [1.82, 2.24) is 15.1 Å². The van der Waals surface area contributed by atoms with E-state index in [2.05, 4.69) is 36.0 Å². The van der Waals surface area contributed by atoms with Gasteiger partial charge in [-0.25, -0.2) is 0 Å². The first-order valence-corrected chi connectivity index (χ1v) is 7.89. The van der Waals surface area contributed by atoms with Crippen LogP contribution in [0, 0.1) is 5.92 Å². The summed E-state index contributed by atoms with van der Waals surface area (Å²) in [7, 11) is 2.27. The summed E-state index contributed by atoms with van der Waals surface area (Å²) in [5, 5.41) is 13.5. The van der Waals surface area contributed by atoms with Crippen LogP contribution in [0.2, 0.25) is 0 Å². The lowest BCUT2D eigenvalue weighted by Crippen LogP contribution is -2.43. The smallest absolute Gasteiger partial charge is 0.0791 e. The van der Waals surface area contributed by atoms with Crippen LogP contribution in [0.15, 0.2) is 0 Å². The van der Waals surface area contributed by atoms with Gasteiger partial charge in [0, 0.05) is 31.7 Å². The molecule has 0 aromatic carbocycles. The van der Waals surface area contributed by atoms with Gasteiger partial charge in [0.25, 0.3) is 0 Å². The zero-order chi connectivity index (χ0) is 13.8. The Kier molecular flexibility index (Phi) is 5.63. The van der Waals surface area contributed by atoms with Gasteiger partial charge in [-0.1, -0.05) is 13.8 Å². The van der Waals surface area contributed by atoms with E-state index in [0.29, 0.717) is 12.0 Å². The van der Waals surface area contributed by atoms with Crippen molar-refractivity contribution >= 4 is 0 Å². The fourth-order valence-electron chi connectivity index (χ4n) is 3.45. The second kappa shape index (κ2) is 7.02. The van der Waals surface area contributed by atoms with Gasteiger partial charge in [0.05, 0.1) is 6.10 Å². The number of aliphatic hydroxyl groups is 1. The molecule has 0 amide bonds. The summed E-state index contributed by atoms with van der Waals surface area (Å²) in [5.74, 6) is 0.648. The van der Waals surface area contributed by atoms with E-state index in [1.165, 1.54) is 19.3 Å². The van der Waals surface area contributed by atoms with Crippen molar-refractivity contribution in [1.29, 1.82) is 0 Å². The number of nitrogens with zero attached hydrogens (tertiary/aromatic N) is 2. The number of hydrogen-bond donors (Lipinski definition) is 2. The molecule has 3 unspecified atom stereocenters. The van der Waals surface area contributed by atoms with E-state index in [0.717, 1.165) is 38.8 Å². The van der Waals surface area contributed by atoms with E-state index < -0.39 is 0 Å². The fourth-order valence-corrected chi connectivity index (χ4v) is 3.45. The maximum Gasteiger partial charge on any atom is 0.0791 e. The van der Waals surface area contributed by atoms with Gasteiger partial charge < -0.3 is 10.4 Å². The second-order valence-corrected chi connectivity index (χ2v) is 6.80.